The molecule has 0 aliphatic heterocycles. The molecule has 0 saturated carbocycles. The van der Waals surface area contributed by atoms with Gasteiger partial charge >= 0.3 is 0 Å². The van der Waals surface area contributed by atoms with Crippen molar-refractivity contribution in [2.24, 2.45) is 0 Å². The number of aryl methyl sites for hydroxylation is 2. The Morgan fingerprint density at radius 1 is 1.09 bits per heavy atom. The predicted molar refractivity (Wildman–Crippen MR) is 95.1 cm³/mol. The van der Waals surface area contributed by atoms with E-state index in [1.807, 2.05) is 30.0 Å². The number of fused-ring (bicyclic) bond motifs is 1. The van der Waals surface area contributed by atoms with E-state index in [-0.39, 0.29) is 5.91 Å². The van der Waals surface area contributed by atoms with E-state index in [4.69, 9.17) is 0 Å². The fourth-order valence-electron chi connectivity index (χ4n) is 2.65. The summed E-state index contributed by atoms with van der Waals surface area (Å²) in [5, 5.41) is 1.13. The van der Waals surface area contributed by atoms with Crippen molar-refractivity contribution in [3.63, 3.8) is 0 Å². The molecule has 112 valence electrons. The summed E-state index contributed by atoms with van der Waals surface area (Å²) in [6.07, 6.45) is 0. The zero-order valence-corrected chi connectivity index (χ0v) is 13.9. The van der Waals surface area contributed by atoms with E-state index >= 15 is 0 Å². The minimum atomic E-state index is 0.0809. The molecule has 0 saturated heterocycles. The van der Waals surface area contributed by atoms with Gasteiger partial charge in [0.2, 0.25) is 0 Å². The Bertz CT molecular complexity index is 801. The minimum absolute atomic E-state index is 0.0809. The number of carbonyl (C=O) groups excluding carboxylic acids is 1. The lowest BCUT2D eigenvalue weighted by Gasteiger charge is -2.22. The standard InChI is InChI=1S/C19H19NOS/c1-4-20(16-11-13(2)9-10-14(16)3)19(21)18-12-15-7-5-6-8-17(15)22-18/h5-12H,4H2,1-3H3. The van der Waals surface area contributed by atoms with Gasteiger partial charge in [-0.1, -0.05) is 30.3 Å². The van der Waals surface area contributed by atoms with E-state index in [1.165, 1.54) is 5.56 Å². The van der Waals surface area contributed by atoms with Gasteiger partial charge in [0.1, 0.15) is 0 Å². The molecule has 0 aliphatic rings. The summed E-state index contributed by atoms with van der Waals surface area (Å²) < 4.78 is 1.16. The second-order valence-electron chi connectivity index (χ2n) is 5.49. The van der Waals surface area contributed by atoms with Crippen molar-refractivity contribution < 1.29 is 4.79 Å². The Morgan fingerprint density at radius 3 is 2.59 bits per heavy atom. The molecule has 2 aromatic carbocycles. The normalized spacial score (nSPS) is 10.9. The SMILES string of the molecule is CCN(C(=O)c1cc2ccccc2s1)c1cc(C)ccc1C. The third-order valence-corrected chi connectivity index (χ3v) is 4.96. The van der Waals surface area contributed by atoms with Crippen LogP contribution in [-0.2, 0) is 0 Å². The van der Waals surface area contributed by atoms with Crippen LogP contribution in [0.25, 0.3) is 10.1 Å². The van der Waals surface area contributed by atoms with Crippen LogP contribution < -0.4 is 4.90 Å². The number of amides is 1. The van der Waals surface area contributed by atoms with Crippen LogP contribution in [0.3, 0.4) is 0 Å². The van der Waals surface area contributed by atoms with Gasteiger partial charge in [0.15, 0.2) is 0 Å². The first-order chi connectivity index (χ1) is 10.6. The first-order valence-corrected chi connectivity index (χ1v) is 8.29. The molecule has 22 heavy (non-hydrogen) atoms. The van der Waals surface area contributed by atoms with E-state index < -0.39 is 0 Å². The van der Waals surface area contributed by atoms with Crippen LogP contribution in [0.15, 0.2) is 48.5 Å². The highest BCUT2D eigenvalue weighted by atomic mass is 32.1. The van der Waals surface area contributed by atoms with Crippen LogP contribution in [0.4, 0.5) is 5.69 Å². The van der Waals surface area contributed by atoms with Gasteiger partial charge in [-0.05, 0) is 55.5 Å². The van der Waals surface area contributed by atoms with Gasteiger partial charge in [0.05, 0.1) is 4.88 Å². The molecule has 0 aliphatic carbocycles. The maximum Gasteiger partial charge on any atom is 0.268 e. The van der Waals surface area contributed by atoms with Gasteiger partial charge in [0.25, 0.3) is 5.91 Å². The summed E-state index contributed by atoms with van der Waals surface area (Å²) in [6, 6.07) is 16.4. The first-order valence-electron chi connectivity index (χ1n) is 7.48. The predicted octanol–water partition coefficient (Wildman–Crippen LogP) is 5.18. The van der Waals surface area contributed by atoms with Crippen LogP contribution in [0.1, 0.15) is 27.7 Å². The first kappa shape index (κ1) is 14.8. The average Bonchev–Trinajstić information content (AvgIpc) is 2.95. The van der Waals surface area contributed by atoms with Gasteiger partial charge < -0.3 is 4.90 Å². The lowest BCUT2D eigenvalue weighted by atomic mass is 10.1. The molecule has 2 nitrogen and oxygen atoms in total. The molecule has 0 unspecified atom stereocenters. The topological polar surface area (TPSA) is 20.3 Å². The molecule has 0 atom stereocenters. The van der Waals surface area contributed by atoms with Crippen molar-refractivity contribution in [3.8, 4) is 0 Å². The van der Waals surface area contributed by atoms with Crippen LogP contribution in [-0.4, -0.2) is 12.5 Å². The third-order valence-electron chi connectivity index (χ3n) is 3.85. The summed E-state index contributed by atoms with van der Waals surface area (Å²) in [4.78, 5) is 15.6. The second-order valence-corrected chi connectivity index (χ2v) is 6.57. The molecule has 0 spiro atoms. The molecule has 1 aromatic heterocycles. The lowest BCUT2D eigenvalue weighted by Crippen LogP contribution is -2.30. The Hall–Kier alpha value is -2.13. The van der Waals surface area contributed by atoms with Crippen LogP contribution in [0.2, 0.25) is 0 Å². The molecular formula is C19H19NOS. The zero-order chi connectivity index (χ0) is 15.7. The monoisotopic (exact) mass is 309 g/mol. The maximum absolute atomic E-state index is 12.9. The van der Waals surface area contributed by atoms with E-state index in [0.717, 1.165) is 26.2 Å². The van der Waals surface area contributed by atoms with Crippen molar-refractivity contribution in [1.82, 2.24) is 0 Å². The molecular weight excluding hydrogens is 290 g/mol. The van der Waals surface area contributed by atoms with Gasteiger partial charge in [-0.2, -0.15) is 0 Å². The van der Waals surface area contributed by atoms with E-state index in [1.54, 1.807) is 11.3 Å². The molecule has 0 radical (unpaired) electrons. The smallest absolute Gasteiger partial charge is 0.268 e. The van der Waals surface area contributed by atoms with E-state index in [9.17, 15) is 4.79 Å². The highest BCUT2D eigenvalue weighted by Gasteiger charge is 2.19. The molecule has 0 N–H and O–H groups in total. The number of rotatable bonds is 3. The number of carbonyl (C=O) groups is 1. The average molecular weight is 309 g/mol. The fourth-order valence-corrected chi connectivity index (χ4v) is 3.67. The summed E-state index contributed by atoms with van der Waals surface area (Å²) >= 11 is 1.56. The van der Waals surface area contributed by atoms with Gasteiger partial charge in [-0.3, -0.25) is 4.79 Å². The number of hydrogen-bond acceptors (Lipinski definition) is 2. The Labute approximate surface area is 135 Å². The Kier molecular flexibility index (Phi) is 3.99. The molecule has 0 fully saturated rings. The molecule has 1 heterocycles. The molecule has 3 heteroatoms. The van der Waals surface area contributed by atoms with Crippen LogP contribution >= 0.6 is 11.3 Å². The fraction of sp³-hybridized carbons (Fsp3) is 0.211. The van der Waals surface area contributed by atoms with Crippen molar-refractivity contribution >= 4 is 33.0 Å². The van der Waals surface area contributed by atoms with Crippen LogP contribution in [0.5, 0.6) is 0 Å². The summed E-state index contributed by atoms with van der Waals surface area (Å²) in [5.74, 6) is 0.0809. The Morgan fingerprint density at radius 2 is 1.86 bits per heavy atom. The number of benzene rings is 2. The van der Waals surface area contributed by atoms with Crippen molar-refractivity contribution in [1.29, 1.82) is 0 Å². The highest BCUT2D eigenvalue weighted by Crippen LogP contribution is 2.29. The van der Waals surface area contributed by atoms with E-state index in [2.05, 4.69) is 44.2 Å². The summed E-state index contributed by atoms with van der Waals surface area (Å²) in [5.41, 5.74) is 3.30. The number of thiophene rings is 1. The lowest BCUT2D eigenvalue weighted by molar-refractivity contribution is 0.0992. The summed E-state index contributed by atoms with van der Waals surface area (Å²) in [6.45, 7) is 6.79. The van der Waals surface area contributed by atoms with Gasteiger partial charge in [0, 0.05) is 16.9 Å². The highest BCUT2D eigenvalue weighted by molar-refractivity contribution is 7.20. The third kappa shape index (κ3) is 2.64. The van der Waals surface area contributed by atoms with Gasteiger partial charge in [-0.15, -0.1) is 11.3 Å². The molecule has 3 aromatic rings. The molecule has 3 rings (SSSR count). The van der Waals surface area contributed by atoms with Crippen LogP contribution in [0, 0.1) is 13.8 Å². The maximum atomic E-state index is 12.9. The molecule has 1 amide bonds. The second kappa shape index (κ2) is 5.93. The number of nitrogens with zero attached hydrogens (tertiary/aromatic N) is 1. The Balaban J connectivity index is 2.02. The van der Waals surface area contributed by atoms with Crippen molar-refractivity contribution in [3.05, 3.63) is 64.5 Å². The number of anilines is 1. The minimum Gasteiger partial charge on any atom is -0.308 e. The van der Waals surface area contributed by atoms with Crippen molar-refractivity contribution in [2.75, 3.05) is 11.4 Å². The summed E-state index contributed by atoms with van der Waals surface area (Å²) in [7, 11) is 0. The quantitative estimate of drug-likeness (QED) is 0.652. The number of hydrogen-bond donors (Lipinski definition) is 0. The molecule has 0 bridgehead atoms. The zero-order valence-electron chi connectivity index (χ0n) is 13.1. The van der Waals surface area contributed by atoms with Gasteiger partial charge in [-0.25, -0.2) is 0 Å². The largest absolute Gasteiger partial charge is 0.308 e. The van der Waals surface area contributed by atoms with Crippen molar-refractivity contribution in [2.45, 2.75) is 20.8 Å². The van der Waals surface area contributed by atoms with E-state index in [0.29, 0.717) is 6.54 Å².